The quantitative estimate of drug-likeness (QED) is 0.362. The first-order chi connectivity index (χ1) is 11.1. The van der Waals surface area contributed by atoms with Gasteiger partial charge in [0.15, 0.2) is 5.96 Å². The molecule has 0 saturated heterocycles. The molecule has 136 valence electrons. The molecule has 1 aliphatic rings. The van der Waals surface area contributed by atoms with E-state index in [1.165, 1.54) is 19.3 Å². The van der Waals surface area contributed by atoms with Gasteiger partial charge in [0.05, 0.1) is 19.9 Å². The van der Waals surface area contributed by atoms with Crippen LogP contribution in [-0.2, 0) is 4.74 Å². The molecule has 0 unspecified atom stereocenters. The first kappa shape index (κ1) is 20.8. The number of anilines is 1. The second-order valence-electron chi connectivity index (χ2n) is 5.99. The molecule has 0 aliphatic heterocycles. The van der Waals surface area contributed by atoms with Crippen molar-refractivity contribution in [3.8, 4) is 11.5 Å². The molecule has 0 radical (unpaired) electrons. The van der Waals surface area contributed by atoms with E-state index in [0.29, 0.717) is 11.7 Å². The van der Waals surface area contributed by atoms with Crippen molar-refractivity contribution in [3.63, 3.8) is 0 Å². The molecular formula is C17H28IN3O3. The van der Waals surface area contributed by atoms with Crippen LogP contribution in [0.2, 0.25) is 0 Å². The Morgan fingerprint density at radius 1 is 1.25 bits per heavy atom. The number of rotatable bonds is 8. The maximum Gasteiger partial charge on any atom is 0.193 e. The van der Waals surface area contributed by atoms with E-state index in [0.717, 1.165) is 31.0 Å². The molecule has 0 amide bonds. The lowest BCUT2D eigenvalue weighted by Gasteiger charge is -2.40. The molecule has 0 heterocycles. The third-order valence-electron chi connectivity index (χ3n) is 4.50. The molecule has 0 atom stereocenters. The van der Waals surface area contributed by atoms with Crippen LogP contribution >= 0.6 is 24.0 Å². The van der Waals surface area contributed by atoms with Crippen molar-refractivity contribution >= 4 is 35.6 Å². The summed E-state index contributed by atoms with van der Waals surface area (Å²) >= 11 is 0. The van der Waals surface area contributed by atoms with Crippen molar-refractivity contribution in [2.75, 3.05) is 39.8 Å². The summed E-state index contributed by atoms with van der Waals surface area (Å²) in [6.07, 6.45) is 4.67. The second-order valence-corrected chi connectivity index (χ2v) is 5.99. The lowest BCUT2D eigenvalue weighted by Crippen LogP contribution is -2.35. The lowest BCUT2D eigenvalue weighted by atomic mass is 9.67. The van der Waals surface area contributed by atoms with Crippen LogP contribution in [0.4, 0.5) is 5.69 Å². The summed E-state index contributed by atoms with van der Waals surface area (Å²) in [4.78, 5) is 4.53. The molecule has 1 aromatic carbocycles. The topological polar surface area (TPSA) is 78.1 Å². The van der Waals surface area contributed by atoms with Crippen LogP contribution in [0.3, 0.4) is 0 Å². The van der Waals surface area contributed by atoms with Crippen molar-refractivity contribution < 1.29 is 14.2 Å². The Labute approximate surface area is 161 Å². The van der Waals surface area contributed by atoms with Crippen molar-refractivity contribution in [2.24, 2.45) is 16.1 Å². The highest BCUT2D eigenvalue weighted by Crippen LogP contribution is 2.44. The summed E-state index contributed by atoms with van der Waals surface area (Å²) in [5, 5.41) is 3.10. The number of halogens is 1. The van der Waals surface area contributed by atoms with Gasteiger partial charge in [0.25, 0.3) is 0 Å². The number of nitrogens with one attached hydrogen (secondary N) is 1. The SMILES string of the molecule is COCCC1(CN=C(N)Nc2cc(OC)ccc2OC)CCC1.I. The van der Waals surface area contributed by atoms with E-state index in [4.69, 9.17) is 19.9 Å². The third kappa shape index (κ3) is 5.41. The molecule has 1 fully saturated rings. The molecular weight excluding hydrogens is 421 g/mol. The van der Waals surface area contributed by atoms with Crippen LogP contribution in [0.15, 0.2) is 23.2 Å². The van der Waals surface area contributed by atoms with Gasteiger partial charge in [-0.2, -0.15) is 0 Å². The maximum absolute atomic E-state index is 6.05. The van der Waals surface area contributed by atoms with E-state index in [-0.39, 0.29) is 29.4 Å². The molecule has 6 nitrogen and oxygen atoms in total. The van der Waals surface area contributed by atoms with Crippen molar-refractivity contribution in [3.05, 3.63) is 18.2 Å². The molecule has 0 aromatic heterocycles. The number of nitrogens with two attached hydrogens (primary N) is 1. The fourth-order valence-electron chi connectivity index (χ4n) is 2.82. The van der Waals surface area contributed by atoms with Gasteiger partial charge in [-0.3, -0.25) is 4.99 Å². The van der Waals surface area contributed by atoms with Gasteiger partial charge in [-0.15, -0.1) is 24.0 Å². The molecule has 24 heavy (non-hydrogen) atoms. The number of methoxy groups -OCH3 is 3. The van der Waals surface area contributed by atoms with Crippen LogP contribution in [0.5, 0.6) is 11.5 Å². The standard InChI is InChI=1S/C17H27N3O3.HI/c1-21-10-9-17(7-4-8-17)12-19-16(18)20-14-11-13(22-2)5-6-15(14)23-3;/h5-6,11H,4,7-10,12H2,1-3H3,(H3,18,19,20);1H. The Balaban J connectivity index is 0.00000288. The highest BCUT2D eigenvalue weighted by Gasteiger charge is 2.36. The Kier molecular flexibility index (Phi) is 8.61. The van der Waals surface area contributed by atoms with Gasteiger partial charge in [-0.1, -0.05) is 6.42 Å². The molecule has 3 N–H and O–H groups in total. The van der Waals surface area contributed by atoms with Crippen LogP contribution in [-0.4, -0.2) is 40.4 Å². The maximum atomic E-state index is 6.05. The minimum Gasteiger partial charge on any atom is -0.497 e. The first-order valence-electron chi connectivity index (χ1n) is 7.90. The largest absolute Gasteiger partial charge is 0.497 e. The van der Waals surface area contributed by atoms with Gasteiger partial charge in [0.2, 0.25) is 0 Å². The van der Waals surface area contributed by atoms with Gasteiger partial charge in [-0.05, 0) is 36.8 Å². The van der Waals surface area contributed by atoms with Crippen LogP contribution in [0, 0.1) is 5.41 Å². The zero-order chi connectivity index (χ0) is 16.7. The molecule has 7 heteroatoms. The summed E-state index contributed by atoms with van der Waals surface area (Å²) in [7, 11) is 4.98. The zero-order valence-electron chi connectivity index (χ0n) is 14.6. The van der Waals surface area contributed by atoms with Crippen molar-refractivity contribution in [1.82, 2.24) is 0 Å². The number of hydrogen-bond donors (Lipinski definition) is 2. The molecule has 0 bridgehead atoms. The highest BCUT2D eigenvalue weighted by atomic mass is 127. The molecule has 1 aromatic rings. The average molecular weight is 449 g/mol. The first-order valence-corrected chi connectivity index (χ1v) is 7.90. The number of hydrogen-bond acceptors (Lipinski definition) is 4. The Morgan fingerprint density at radius 3 is 2.54 bits per heavy atom. The molecule has 1 saturated carbocycles. The molecule has 0 spiro atoms. The number of aliphatic imine (C=N–C) groups is 1. The van der Waals surface area contributed by atoms with E-state index in [2.05, 4.69) is 10.3 Å². The number of nitrogens with zero attached hydrogens (tertiary/aromatic N) is 1. The summed E-state index contributed by atoms with van der Waals surface area (Å²) in [6.45, 7) is 1.49. The minimum absolute atomic E-state index is 0. The summed E-state index contributed by atoms with van der Waals surface area (Å²) in [5.74, 6) is 1.82. The lowest BCUT2D eigenvalue weighted by molar-refractivity contribution is 0.0780. The summed E-state index contributed by atoms with van der Waals surface area (Å²) < 4.78 is 15.8. The average Bonchev–Trinajstić information content (AvgIpc) is 2.53. The van der Waals surface area contributed by atoms with E-state index in [9.17, 15) is 0 Å². The normalized spacial score (nSPS) is 15.9. The molecule has 1 aliphatic carbocycles. The monoisotopic (exact) mass is 449 g/mol. The smallest absolute Gasteiger partial charge is 0.193 e. The summed E-state index contributed by atoms with van der Waals surface area (Å²) in [6, 6.07) is 5.51. The van der Waals surface area contributed by atoms with Gasteiger partial charge in [0.1, 0.15) is 11.5 Å². The van der Waals surface area contributed by atoms with Crippen molar-refractivity contribution in [1.29, 1.82) is 0 Å². The predicted octanol–water partition coefficient (Wildman–Crippen LogP) is 3.26. The second kappa shape index (κ2) is 9.93. The van der Waals surface area contributed by atoms with E-state index in [1.807, 2.05) is 18.2 Å². The van der Waals surface area contributed by atoms with E-state index in [1.54, 1.807) is 21.3 Å². The van der Waals surface area contributed by atoms with E-state index >= 15 is 0 Å². The van der Waals surface area contributed by atoms with Crippen molar-refractivity contribution in [2.45, 2.75) is 25.7 Å². The van der Waals surface area contributed by atoms with Gasteiger partial charge in [0, 0.05) is 26.3 Å². The van der Waals surface area contributed by atoms with E-state index < -0.39 is 0 Å². The minimum atomic E-state index is 0. The predicted molar refractivity (Wildman–Crippen MR) is 108 cm³/mol. The number of ether oxygens (including phenoxy) is 3. The Morgan fingerprint density at radius 2 is 2.00 bits per heavy atom. The fraction of sp³-hybridized carbons (Fsp3) is 0.588. The van der Waals surface area contributed by atoms with Crippen LogP contribution in [0.1, 0.15) is 25.7 Å². The van der Waals surface area contributed by atoms with Crippen LogP contribution < -0.4 is 20.5 Å². The van der Waals surface area contributed by atoms with Crippen LogP contribution in [0.25, 0.3) is 0 Å². The van der Waals surface area contributed by atoms with Gasteiger partial charge >= 0.3 is 0 Å². The zero-order valence-corrected chi connectivity index (χ0v) is 17.0. The highest BCUT2D eigenvalue weighted by molar-refractivity contribution is 14.0. The Bertz CT molecular complexity index is 548. The Hall–Kier alpha value is -1.22. The fourth-order valence-corrected chi connectivity index (χ4v) is 2.82. The van der Waals surface area contributed by atoms with Gasteiger partial charge in [-0.25, -0.2) is 0 Å². The number of guanidine groups is 1. The third-order valence-corrected chi connectivity index (χ3v) is 4.50. The number of benzene rings is 1. The summed E-state index contributed by atoms with van der Waals surface area (Å²) in [5.41, 5.74) is 7.04. The van der Waals surface area contributed by atoms with Gasteiger partial charge < -0.3 is 25.3 Å². The molecule has 2 rings (SSSR count).